The maximum atomic E-state index is 10.4. The Kier molecular flexibility index (Phi) is 4.49. The van der Waals surface area contributed by atoms with E-state index < -0.39 is 0 Å². The molecule has 1 aromatic carbocycles. The van der Waals surface area contributed by atoms with Gasteiger partial charge in [-0.05, 0) is 47.8 Å². The summed E-state index contributed by atoms with van der Waals surface area (Å²) in [6, 6.07) is 5.81. The van der Waals surface area contributed by atoms with Gasteiger partial charge < -0.3 is 5.11 Å². The Bertz CT molecular complexity index is 456. The zero-order valence-corrected chi connectivity index (χ0v) is 13.3. The number of aliphatic hydroxyl groups excluding tert-OH is 1. The number of rotatable bonds is 2. The summed E-state index contributed by atoms with van der Waals surface area (Å²) in [6.45, 7) is 6.60. The first-order valence-corrected chi connectivity index (χ1v) is 7.71. The van der Waals surface area contributed by atoms with Gasteiger partial charge in [0.1, 0.15) is 0 Å². The number of hydrogen-bond acceptors (Lipinski definition) is 1. The molecule has 0 bridgehead atoms. The number of halogens is 2. The topological polar surface area (TPSA) is 20.2 Å². The summed E-state index contributed by atoms with van der Waals surface area (Å²) in [5, 5.41) is 11.6. The highest BCUT2D eigenvalue weighted by atomic mass is 35.5. The predicted octanol–water partition coefficient (Wildman–Crippen LogP) is 5.07. The second kappa shape index (κ2) is 5.63. The van der Waals surface area contributed by atoms with Gasteiger partial charge in [0.2, 0.25) is 0 Å². The highest BCUT2D eigenvalue weighted by Gasteiger charge is 2.39. The van der Waals surface area contributed by atoms with E-state index in [0.717, 1.165) is 18.4 Å². The van der Waals surface area contributed by atoms with Gasteiger partial charge in [-0.25, -0.2) is 0 Å². The van der Waals surface area contributed by atoms with E-state index in [4.69, 9.17) is 23.2 Å². The van der Waals surface area contributed by atoms with E-state index in [0.29, 0.717) is 16.0 Å². The van der Waals surface area contributed by atoms with Crippen molar-refractivity contribution in [2.75, 3.05) is 0 Å². The zero-order valence-electron chi connectivity index (χ0n) is 11.8. The molecule has 0 spiro atoms. The molecule has 1 aliphatic rings. The minimum absolute atomic E-state index is 0.0895. The van der Waals surface area contributed by atoms with E-state index >= 15 is 0 Å². The van der Waals surface area contributed by atoms with Crippen molar-refractivity contribution in [1.29, 1.82) is 0 Å². The monoisotopic (exact) mass is 300 g/mol. The molecule has 0 aromatic heterocycles. The van der Waals surface area contributed by atoms with E-state index in [9.17, 15) is 5.11 Å². The molecule has 0 saturated heterocycles. The fourth-order valence-electron chi connectivity index (χ4n) is 3.30. The van der Waals surface area contributed by atoms with Gasteiger partial charge in [0.05, 0.1) is 16.1 Å². The minimum atomic E-state index is -0.229. The second-order valence-corrected chi connectivity index (χ2v) is 7.26. The molecular formula is C16H22Cl2O. The Morgan fingerprint density at radius 1 is 1.16 bits per heavy atom. The summed E-state index contributed by atoms with van der Waals surface area (Å²) in [7, 11) is 0. The van der Waals surface area contributed by atoms with Crippen LogP contribution in [0.15, 0.2) is 18.2 Å². The Morgan fingerprint density at radius 2 is 1.84 bits per heavy atom. The van der Waals surface area contributed by atoms with Crippen LogP contribution in [0.2, 0.25) is 10.0 Å². The van der Waals surface area contributed by atoms with Crippen LogP contribution in [0.5, 0.6) is 0 Å². The van der Waals surface area contributed by atoms with Gasteiger partial charge in [0.25, 0.3) is 0 Å². The van der Waals surface area contributed by atoms with Gasteiger partial charge in [-0.1, -0.05) is 56.5 Å². The lowest BCUT2D eigenvalue weighted by Gasteiger charge is -2.42. The smallest absolute Gasteiger partial charge is 0.0595 e. The SMILES string of the molecule is CC1CCC(C(C)(C)c2ccc(Cl)c(Cl)c2)C(O)C1. The van der Waals surface area contributed by atoms with Crippen LogP contribution >= 0.6 is 23.2 Å². The average Bonchev–Trinajstić information content (AvgIpc) is 2.32. The van der Waals surface area contributed by atoms with Gasteiger partial charge in [-0.2, -0.15) is 0 Å². The van der Waals surface area contributed by atoms with Crippen molar-refractivity contribution in [1.82, 2.24) is 0 Å². The predicted molar refractivity (Wildman–Crippen MR) is 82.0 cm³/mol. The van der Waals surface area contributed by atoms with Crippen LogP contribution in [-0.4, -0.2) is 11.2 Å². The van der Waals surface area contributed by atoms with E-state index in [1.807, 2.05) is 18.2 Å². The largest absolute Gasteiger partial charge is 0.393 e. The molecule has 3 heteroatoms. The molecule has 1 aliphatic carbocycles. The molecule has 0 heterocycles. The lowest BCUT2D eigenvalue weighted by molar-refractivity contribution is 0.0143. The Labute approximate surface area is 125 Å². The average molecular weight is 301 g/mol. The van der Waals surface area contributed by atoms with E-state index in [2.05, 4.69) is 20.8 Å². The lowest BCUT2D eigenvalue weighted by Crippen LogP contribution is -2.41. The third kappa shape index (κ3) is 3.09. The van der Waals surface area contributed by atoms with Crippen LogP contribution in [0.25, 0.3) is 0 Å². The van der Waals surface area contributed by atoms with E-state index in [1.54, 1.807) is 0 Å². The fraction of sp³-hybridized carbons (Fsp3) is 0.625. The van der Waals surface area contributed by atoms with E-state index in [-0.39, 0.29) is 17.4 Å². The van der Waals surface area contributed by atoms with Crippen molar-refractivity contribution in [3.8, 4) is 0 Å². The Hall–Kier alpha value is -0.240. The standard InChI is InChI=1S/C16H22Cl2O/c1-10-4-6-12(15(19)8-10)16(2,3)11-5-7-13(17)14(18)9-11/h5,7,9-10,12,15,19H,4,6,8H2,1-3H3. The first kappa shape index (κ1) is 15.2. The molecule has 1 nitrogen and oxygen atoms in total. The van der Waals surface area contributed by atoms with E-state index in [1.165, 1.54) is 6.42 Å². The molecule has 19 heavy (non-hydrogen) atoms. The van der Waals surface area contributed by atoms with Crippen LogP contribution in [-0.2, 0) is 5.41 Å². The van der Waals surface area contributed by atoms with Gasteiger partial charge in [-0.15, -0.1) is 0 Å². The molecule has 2 rings (SSSR count). The number of aliphatic hydroxyl groups is 1. The van der Waals surface area contributed by atoms with Crippen molar-refractivity contribution in [3.05, 3.63) is 33.8 Å². The van der Waals surface area contributed by atoms with Crippen molar-refractivity contribution in [2.24, 2.45) is 11.8 Å². The molecule has 3 atom stereocenters. The van der Waals surface area contributed by atoms with Crippen molar-refractivity contribution < 1.29 is 5.11 Å². The summed E-state index contributed by atoms with van der Waals surface area (Å²) >= 11 is 12.1. The summed E-state index contributed by atoms with van der Waals surface area (Å²) < 4.78 is 0. The zero-order chi connectivity index (χ0) is 14.2. The molecule has 1 N–H and O–H groups in total. The Balaban J connectivity index is 2.28. The van der Waals surface area contributed by atoms with Gasteiger partial charge in [-0.3, -0.25) is 0 Å². The maximum Gasteiger partial charge on any atom is 0.0595 e. The quantitative estimate of drug-likeness (QED) is 0.808. The normalized spacial score (nSPS) is 28.4. The maximum absolute atomic E-state index is 10.4. The summed E-state index contributed by atoms with van der Waals surface area (Å²) in [4.78, 5) is 0. The molecule has 0 amide bonds. The van der Waals surface area contributed by atoms with Gasteiger partial charge >= 0.3 is 0 Å². The first-order valence-electron chi connectivity index (χ1n) is 6.96. The summed E-state index contributed by atoms with van der Waals surface area (Å²) in [5.74, 6) is 0.900. The van der Waals surface area contributed by atoms with Crippen molar-refractivity contribution in [2.45, 2.75) is 51.6 Å². The number of hydrogen-bond donors (Lipinski definition) is 1. The molecule has 3 unspecified atom stereocenters. The molecular weight excluding hydrogens is 279 g/mol. The molecule has 106 valence electrons. The van der Waals surface area contributed by atoms with Gasteiger partial charge in [0, 0.05) is 0 Å². The highest BCUT2D eigenvalue weighted by molar-refractivity contribution is 6.42. The summed E-state index contributed by atoms with van der Waals surface area (Å²) in [5.41, 5.74) is 1.06. The van der Waals surface area contributed by atoms with Crippen molar-refractivity contribution in [3.63, 3.8) is 0 Å². The van der Waals surface area contributed by atoms with Crippen molar-refractivity contribution >= 4 is 23.2 Å². The number of benzene rings is 1. The van der Waals surface area contributed by atoms with Crippen LogP contribution < -0.4 is 0 Å². The first-order chi connectivity index (χ1) is 8.82. The molecule has 0 radical (unpaired) electrons. The van der Waals surface area contributed by atoms with Gasteiger partial charge in [0.15, 0.2) is 0 Å². The fourth-order valence-corrected chi connectivity index (χ4v) is 3.60. The molecule has 1 saturated carbocycles. The molecule has 0 aliphatic heterocycles. The molecule has 1 fully saturated rings. The highest BCUT2D eigenvalue weighted by Crippen LogP contribution is 2.43. The van der Waals surface area contributed by atoms with Crippen LogP contribution in [0.1, 0.15) is 45.6 Å². The Morgan fingerprint density at radius 3 is 2.42 bits per heavy atom. The van der Waals surface area contributed by atoms with Crippen LogP contribution in [0.4, 0.5) is 0 Å². The van der Waals surface area contributed by atoms with Crippen LogP contribution in [0.3, 0.4) is 0 Å². The summed E-state index contributed by atoms with van der Waals surface area (Å²) in [6.07, 6.45) is 2.92. The third-order valence-corrected chi connectivity index (χ3v) is 5.41. The third-order valence-electron chi connectivity index (χ3n) is 4.67. The second-order valence-electron chi connectivity index (χ2n) is 6.44. The minimum Gasteiger partial charge on any atom is -0.393 e. The lowest BCUT2D eigenvalue weighted by atomic mass is 9.64. The molecule has 1 aromatic rings. The van der Waals surface area contributed by atoms with Crippen LogP contribution in [0, 0.1) is 11.8 Å².